The highest BCUT2D eigenvalue weighted by Gasteiger charge is 2.34. The van der Waals surface area contributed by atoms with Gasteiger partial charge < -0.3 is 15.0 Å². The van der Waals surface area contributed by atoms with E-state index in [9.17, 15) is 13.2 Å². The zero-order chi connectivity index (χ0) is 21.3. The number of likely N-dealkylation sites (N-methyl/N-ethyl adjacent to an activating group) is 1. The molecule has 1 fully saturated rings. The molecule has 2 aliphatic rings. The van der Waals surface area contributed by atoms with Gasteiger partial charge in [-0.3, -0.25) is 4.90 Å². The molecule has 0 amide bonds. The molecule has 30 heavy (non-hydrogen) atoms. The minimum absolute atomic E-state index is 0.238. The van der Waals surface area contributed by atoms with Crippen LogP contribution in [0.3, 0.4) is 0 Å². The van der Waals surface area contributed by atoms with Crippen molar-refractivity contribution in [1.29, 1.82) is 0 Å². The number of hydrogen-bond donors (Lipinski definition) is 1. The molecular weight excluding hydrogens is 393 g/mol. The number of fused-ring (bicyclic) bond motifs is 2. The maximum atomic E-state index is 13.4. The molecule has 0 spiro atoms. The fourth-order valence-electron chi connectivity index (χ4n) is 3.96. The summed E-state index contributed by atoms with van der Waals surface area (Å²) in [5.41, 5.74) is 1.91. The van der Waals surface area contributed by atoms with Gasteiger partial charge in [-0.2, -0.15) is 13.2 Å². The van der Waals surface area contributed by atoms with Crippen molar-refractivity contribution in [2.75, 3.05) is 45.7 Å². The fraction of sp³-hybridized carbons (Fsp3) is 0.409. The zero-order valence-electron chi connectivity index (χ0n) is 17.0. The van der Waals surface area contributed by atoms with E-state index in [1.807, 2.05) is 24.3 Å². The lowest BCUT2D eigenvalue weighted by Gasteiger charge is -2.41. The lowest BCUT2D eigenvalue weighted by atomic mass is 10.0. The molecule has 1 unspecified atom stereocenters. The van der Waals surface area contributed by atoms with Gasteiger partial charge in [-0.05, 0) is 43.8 Å². The molecule has 1 atom stereocenters. The number of rotatable bonds is 3. The predicted molar refractivity (Wildman–Crippen MR) is 112 cm³/mol. The Labute approximate surface area is 174 Å². The first kappa shape index (κ1) is 20.7. The number of para-hydroxylation sites is 2. The van der Waals surface area contributed by atoms with Gasteiger partial charge in [-0.15, -0.1) is 0 Å². The summed E-state index contributed by atoms with van der Waals surface area (Å²) >= 11 is 0. The third-order valence-corrected chi connectivity index (χ3v) is 5.72. The van der Waals surface area contributed by atoms with Crippen molar-refractivity contribution in [2.45, 2.75) is 18.6 Å². The second kappa shape index (κ2) is 8.28. The maximum absolute atomic E-state index is 13.4. The van der Waals surface area contributed by atoms with Crippen LogP contribution in [0.2, 0.25) is 0 Å². The van der Waals surface area contributed by atoms with Crippen LogP contribution in [0, 0.1) is 0 Å². The Kier molecular flexibility index (Phi) is 5.71. The Hall–Kier alpha value is -2.58. The van der Waals surface area contributed by atoms with Gasteiger partial charge in [0, 0.05) is 50.6 Å². The molecule has 8 heteroatoms. The fourth-order valence-corrected chi connectivity index (χ4v) is 3.96. The number of nitrogens with zero attached hydrogens (tertiary/aromatic N) is 3. The molecule has 1 N–H and O–H groups in total. The van der Waals surface area contributed by atoms with Gasteiger partial charge in [0.1, 0.15) is 5.84 Å². The summed E-state index contributed by atoms with van der Waals surface area (Å²) in [7, 11) is 3.74. The van der Waals surface area contributed by atoms with Crippen LogP contribution in [-0.4, -0.2) is 62.1 Å². The Morgan fingerprint density at radius 1 is 1.13 bits per heavy atom. The number of alkyl halides is 3. The minimum Gasteiger partial charge on any atom is -0.385 e. The van der Waals surface area contributed by atoms with E-state index in [0.29, 0.717) is 42.5 Å². The molecule has 2 aliphatic heterocycles. The lowest BCUT2D eigenvalue weighted by molar-refractivity contribution is -0.137. The number of anilines is 2. The minimum atomic E-state index is -4.41. The van der Waals surface area contributed by atoms with Crippen molar-refractivity contribution in [3.8, 4) is 0 Å². The van der Waals surface area contributed by atoms with Crippen LogP contribution >= 0.6 is 0 Å². The van der Waals surface area contributed by atoms with Gasteiger partial charge in [0.15, 0.2) is 0 Å². The van der Waals surface area contributed by atoms with Gasteiger partial charge in [-0.1, -0.05) is 12.1 Å². The molecule has 0 aromatic heterocycles. The summed E-state index contributed by atoms with van der Waals surface area (Å²) in [4.78, 5) is 9.20. The van der Waals surface area contributed by atoms with Crippen LogP contribution in [0.1, 0.15) is 17.5 Å². The van der Waals surface area contributed by atoms with E-state index in [1.54, 1.807) is 7.11 Å². The number of benzene rings is 2. The van der Waals surface area contributed by atoms with Crippen LogP contribution in [0.5, 0.6) is 0 Å². The highest BCUT2D eigenvalue weighted by Crippen LogP contribution is 2.38. The van der Waals surface area contributed by atoms with E-state index in [2.05, 4.69) is 22.2 Å². The van der Waals surface area contributed by atoms with Crippen molar-refractivity contribution in [3.63, 3.8) is 0 Å². The van der Waals surface area contributed by atoms with E-state index in [0.717, 1.165) is 24.7 Å². The Morgan fingerprint density at radius 3 is 2.70 bits per heavy atom. The zero-order valence-corrected chi connectivity index (χ0v) is 17.0. The SMILES string of the molecule is COCCC1CN(C2=Nc3ccccc3Nc3ccc(C(F)(F)F)cc32)CCN1C. The number of nitrogens with one attached hydrogen (secondary N) is 1. The first-order valence-corrected chi connectivity index (χ1v) is 9.97. The Balaban J connectivity index is 1.78. The number of hydrogen-bond acceptors (Lipinski definition) is 5. The highest BCUT2D eigenvalue weighted by molar-refractivity contribution is 6.08. The average molecular weight is 418 g/mol. The molecular formula is C22H25F3N4O. The highest BCUT2D eigenvalue weighted by atomic mass is 19.4. The normalized spacial score (nSPS) is 19.4. The van der Waals surface area contributed by atoms with Crippen LogP contribution in [-0.2, 0) is 10.9 Å². The van der Waals surface area contributed by atoms with Crippen molar-refractivity contribution in [2.24, 2.45) is 4.99 Å². The second-order valence-corrected chi connectivity index (χ2v) is 7.70. The quantitative estimate of drug-likeness (QED) is 0.797. The number of aliphatic imine (C=N–C) groups is 1. The summed E-state index contributed by atoms with van der Waals surface area (Å²) in [6.45, 7) is 2.80. The Bertz CT molecular complexity index is 944. The number of methoxy groups -OCH3 is 1. The van der Waals surface area contributed by atoms with Crippen LogP contribution < -0.4 is 5.32 Å². The topological polar surface area (TPSA) is 40.1 Å². The molecule has 2 aromatic carbocycles. The first-order chi connectivity index (χ1) is 14.4. The lowest BCUT2D eigenvalue weighted by Crippen LogP contribution is -2.53. The molecule has 0 aliphatic carbocycles. The summed E-state index contributed by atoms with van der Waals surface area (Å²) in [6.07, 6.45) is -3.57. The molecule has 1 saturated heterocycles. The summed E-state index contributed by atoms with van der Waals surface area (Å²) < 4.78 is 45.6. The first-order valence-electron chi connectivity index (χ1n) is 9.97. The average Bonchev–Trinajstić information content (AvgIpc) is 2.88. The molecule has 2 aromatic rings. The molecule has 0 radical (unpaired) electrons. The summed E-state index contributed by atoms with van der Waals surface area (Å²) in [5.74, 6) is 0.573. The molecule has 2 heterocycles. The number of ether oxygens (including phenoxy) is 1. The predicted octanol–water partition coefficient (Wildman–Crippen LogP) is 4.49. The van der Waals surface area contributed by atoms with Crippen molar-refractivity contribution >= 4 is 22.9 Å². The Morgan fingerprint density at radius 2 is 1.93 bits per heavy atom. The number of amidine groups is 1. The van der Waals surface area contributed by atoms with Crippen LogP contribution in [0.4, 0.5) is 30.2 Å². The molecule has 4 rings (SSSR count). The van der Waals surface area contributed by atoms with Crippen molar-refractivity contribution in [1.82, 2.24) is 9.80 Å². The third kappa shape index (κ3) is 4.15. The summed E-state index contributed by atoms with van der Waals surface area (Å²) in [5, 5.41) is 3.27. The number of piperazine rings is 1. The van der Waals surface area contributed by atoms with E-state index in [4.69, 9.17) is 9.73 Å². The van der Waals surface area contributed by atoms with Gasteiger partial charge in [-0.25, -0.2) is 4.99 Å². The monoisotopic (exact) mass is 418 g/mol. The second-order valence-electron chi connectivity index (χ2n) is 7.70. The summed E-state index contributed by atoms with van der Waals surface area (Å²) in [6, 6.07) is 11.6. The largest absolute Gasteiger partial charge is 0.416 e. The van der Waals surface area contributed by atoms with Gasteiger partial charge in [0.2, 0.25) is 0 Å². The van der Waals surface area contributed by atoms with Gasteiger partial charge in [0.05, 0.1) is 16.9 Å². The van der Waals surface area contributed by atoms with E-state index in [-0.39, 0.29) is 6.04 Å². The third-order valence-electron chi connectivity index (χ3n) is 5.72. The standard InChI is InChI=1S/C22H25F3N4O/c1-28-10-11-29(14-16(28)9-12-30-2)21-17-13-15(22(23,24)25)7-8-18(17)26-19-5-3-4-6-20(19)27-21/h3-8,13,16,26H,9-12,14H2,1-2H3. The molecule has 160 valence electrons. The smallest absolute Gasteiger partial charge is 0.385 e. The van der Waals surface area contributed by atoms with Gasteiger partial charge in [0.25, 0.3) is 0 Å². The van der Waals surface area contributed by atoms with E-state index < -0.39 is 11.7 Å². The van der Waals surface area contributed by atoms with Gasteiger partial charge >= 0.3 is 6.18 Å². The van der Waals surface area contributed by atoms with E-state index >= 15 is 0 Å². The maximum Gasteiger partial charge on any atom is 0.416 e. The van der Waals surface area contributed by atoms with Crippen LogP contribution in [0.15, 0.2) is 47.5 Å². The van der Waals surface area contributed by atoms with Crippen molar-refractivity contribution in [3.05, 3.63) is 53.6 Å². The van der Waals surface area contributed by atoms with Crippen LogP contribution in [0.25, 0.3) is 0 Å². The molecule has 0 bridgehead atoms. The number of halogens is 3. The molecule has 0 saturated carbocycles. The van der Waals surface area contributed by atoms with E-state index in [1.165, 1.54) is 12.1 Å². The molecule has 5 nitrogen and oxygen atoms in total. The van der Waals surface area contributed by atoms with Crippen molar-refractivity contribution < 1.29 is 17.9 Å².